The molecule has 2 amide bonds. The van der Waals surface area contributed by atoms with E-state index in [1.54, 1.807) is 18.3 Å². The molecular weight excluding hydrogens is 314 g/mol. The highest BCUT2D eigenvalue weighted by molar-refractivity contribution is 5.98. The van der Waals surface area contributed by atoms with Crippen molar-refractivity contribution in [3.8, 4) is 0 Å². The fraction of sp³-hybridized carbons (Fsp3) is 0.350. The van der Waals surface area contributed by atoms with Crippen LogP contribution in [-0.2, 0) is 13.0 Å². The van der Waals surface area contributed by atoms with E-state index in [1.807, 2.05) is 21.9 Å². The van der Waals surface area contributed by atoms with Gasteiger partial charge in [0.1, 0.15) is 5.69 Å². The van der Waals surface area contributed by atoms with Crippen molar-refractivity contribution >= 4 is 11.8 Å². The zero-order chi connectivity index (χ0) is 17.2. The maximum atomic E-state index is 12.8. The molecule has 0 unspecified atom stereocenters. The first-order valence-electron chi connectivity index (χ1n) is 8.84. The number of likely N-dealkylation sites (tertiary alicyclic amines) is 1. The molecule has 1 fully saturated rings. The number of pyridine rings is 1. The van der Waals surface area contributed by atoms with E-state index in [9.17, 15) is 9.59 Å². The second-order valence-corrected chi connectivity index (χ2v) is 6.67. The van der Waals surface area contributed by atoms with Crippen molar-refractivity contribution in [3.05, 3.63) is 65.0 Å². The molecule has 1 aromatic carbocycles. The summed E-state index contributed by atoms with van der Waals surface area (Å²) in [5, 5.41) is 0. The van der Waals surface area contributed by atoms with Crippen LogP contribution in [0, 0.1) is 0 Å². The van der Waals surface area contributed by atoms with Gasteiger partial charge in [-0.2, -0.15) is 0 Å². The van der Waals surface area contributed by atoms with Gasteiger partial charge in [0.15, 0.2) is 0 Å². The summed E-state index contributed by atoms with van der Waals surface area (Å²) in [7, 11) is 0. The van der Waals surface area contributed by atoms with Crippen LogP contribution >= 0.6 is 0 Å². The Balaban J connectivity index is 1.53. The number of amides is 2. The fourth-order valence-electron chi connectivity index (χ4n) is 3.61. The zero-order valence-corrected chi connectivity index (χ0v) is 14.1. The Hall–Kier alpha value is -2.69. The predicted molar refractivity (Wildman–Crippen MR) is 94.3 cm³/mol. The molecule has 0 radical (unpaired) electrons. The van der Waals surface area contributed by atoms with Crippen LogP contribution < -0.4 is 0 Å². The minimum atomic E-state index is -0.106. The van der Waals surface area contributed by atoms with Gasteiger partial charge < -0.3 is 9.80 Å². The van der Waals surface area contributed by atoms with Gasteiger partial charge in [0.05, 0.1) is 0 Å². The van der Waals surface area contributed by atoms with Crippen molar-refractivity contribution in [2.24, 2.45) is 0 Å². The quantitative estimate of drug-likeness (QED) is 0.847. The summed E-state index contributed by atoms with van der Waals surface area (Å²) in [5.41, 5.74) is 3.39. The molecule has 4 rings (SSSR count). The lowest BCUT2D eigenvalue weighted by Crippen LogP contribution is -2.36. The lowest BCUT2D eigenvalue weighted by atomic mass is 9.99. The van der Waals surface area contributed by atoms with E-state index in [1.165, 1.54) is 11.1 Å². The molecule has 0 atom stereocenters. The van der Waals surface area contributed by atoms with Crippen LogP contribution in [0.3, 0.4) is 0 Å². The summed E-state index contributed by atoms with van der Waals surface area (Å²) >= 11 is 0. The predicted octanol–water partition coefficient (Wildman–Crippen LogP) is 2.52. The van der Waals surface area contributed by atoms with Crippen LogP contribution in [0.5, 0.6) is 0 Å². The second-order valence-electron chi connectivity index (χ2n) is 6.67. The number of carbonyl (C=O) groups is 2. The Morgan fingerprint density at radius 1 is 0.880 bits per heavy atom. The number of nitrogens with zero attached hydrogens (tertiary/aromatic N) is 3. The monoisotopic (exact) mass is 335 g/mol. The Kier molecular flexibility index (Phi) is 4.22. The van der Waals surface area contributed by atoms with Gasteiger partial charge in [-0.05, 0) is 42.5 Å². The molecule has 0 spiro atoms. The molecule has 0 N–H and O–H groups in total. The van der Waals surface area contributed by atoms with Crippen molar-refractivity contribution in [1.29, 1.82) is 0 Å². The second kappa shape index (κ2) is 6.67. The molecule has 5 heteroatoms. The zero-order valence-electron chi connectivity index (χ0n) is 14.1. The van der Waals surface area contributed by atoms with Gasteiger partial charge in [-0.3, -0.25) is 14.6 Å². The molecule has 2 aliphatic heterocycles. The maximum absolute atomic E-state index is 12.8. The van der Waals surface area contributed by atoms with E-state index in [4.69, 9.17) is 0 Å². The third kappa shape index (κ3) is 3.14. The van der Waals surface area contributed by atoms with Crippen LogP contribution in [0.4, 0.5) is 0 Å². The molecule has 128 valence electrons. The molecule has 5 nitrogen and oxygen atoms in total. The van der Waals surface area contributed by atoms with Crippen LogP contribution in [0.25, 0.3) is 0 Å². The van der Waals surface area contributed by atoms with E-state index in [0.717, 1.165) is 32.4 Å². The molecule has 2 aromatic rings. The molecule has 25 heavy (non-hydrogen) atoms. The molecular formula is C20H21N3O2. The van der Waals surface area contributed by atoms with E-state index in [-0.39, 0.29) is 11.8 Å². The first kappa shape index (κ1) is 15.8. The lowest BCUT2D eigenvalue weighted by Gasteiger charge is -2.28. The highest BCUT2D eigenvalue weighted by atomic mass is 16.2. The number of carbonyl (C=O) groups excluding carboxylic acids is 2. The van der Waals surface area contributed by atoms with Gasteiger partial charge in [-0.25, -0.2) is 0 Å². The van der Waals surface area contributed by atoms with Crippen LogP contribution in [0.2, 0.25) is 0 Å². The van der Waals surface area contributed by atoms with Crippen molar-refractivity contribution in [2.45, 2.75) is 25.8 Å². The lowest BCUT2D eigenvalue weighted by molar-refractivity contribution is 0.0728. The third-order valence-corrected chi connectivity index (χ3v) is 5.04. The topological polar surface area (TPSA) is 53.5 Å². The van der Waals surface area contributed by atoms with Crippen LogP contribution in [0.1, 0.15) is 44.8 Å². The summed E-state index contributed by atoms with van der Waals surface area (Å²) < 4.78 is 0. The first-order valence-corrected chi connectivity index (χ1v) is 8.84. The Morgan fingerprint density at radius 3 is 2.44 bits per heavy atom. The van der Waals surface area contributed by atoms with E-state index in [2.05, 4.69) is 17.1 Å². The van der Waals surface area contributed by atoms with Crippen molar-refractivity contribution in [2.75, 3.05) is 19.6 Å². The average Bonchev–Trinajstić information content (AvgIpc) is 3.21. The van der Waals surface area contributed by atoms with Crippen LogP contribution in [0.15, 0.2) is 42.6 Å². The van der Waals surface area contributed by atoms with E-state index in [0.29, 0.717) is 24.3 Å². The van der Waals surface area contributed by atoms with Crippen molar-refractivity contribution < 1.29 is 9.59 Å². The van der Waals surface area contributed by atoms with Crippen molar-refractivity contribution in [3.63, 3.8) is 0 Å². The van der Waals surface area contributed by atoms with E-state index < -0.39 is 0 Å². The van der Waals surface area contributed by atoms with Gasteiger partial charge >= 0.3 is 0 Å². The number of hydrogen-bond acceptors (Lipinski definition) is 3. The molecule has 0 aliphatic carbocycles. The fourth-order valence-corrected chi connectivity index (χ4v) is 3.61. The SMILES string of the molecule is O=C(c1ccnc(C(=O)N2CCc3ccccc3C2)c1)N1CCCC1. The summed E-state index contributed by atoms with van der Waals surface area (Å²) in [5.74, 6) is -0.108. The Bertz CT molecular complexity index is 812. The summed E-state index contributed by atoms with van der Waals surface area (Å²) in [6.45, 7) is 2.88. The van der Waals surface area contributed by atoms with Crippen molar-refractivity contribution in [1.82, 2.24) is 14.8 Å². The molecule has 3 heterocycles. The van der Waals surface area contributed by atoms with E-state index >= 15 is 0 Å². The number of fused-ring (bicyclic) bond motifs is 1. The number of hydrogen-bond donors (Lipinski definition) is 0. The minimum Gasteiger partial charge on any atom is -0.339 e. The summed E-state index contributed by atoms with van der Waals surface area (Å²) in [6, 6.07) is 11.6. The third-order valence-electron chi connectivity index (χ3n) is 5.04. The Morgan fingerprint density at radius 2 is 1.64 bits per heavy atom. The molecule has 0 bridgehead atoms. The molecule has 0 saturated carbocycles. The number of rotatable bonds is 2. The van der Waals surface area contributed by atoms with Gasteiger partial charge in [-0.15, -0.1) is 0 Å². The Labute approximate surface area is 147 Å². The smallest absolute Gasteiger partial charge is 0.272 e. The maximum Gasteiger partial charge on any atom is 0.272 e. The highest BCUT2D eigenvalue weighted by Crippen LogP contribution is 2.20. The molecule has 1 aromatic heterocycles. The minimum absolute atomic E-state index is 0.00191. The highest BCUT2D eigenvalue weighted by Gasteiger charge is 2.24. The average molecular weight is 335 g/mol. The van der Waals surface area contributed by atoms with Gasteiger partial charge in [0.2, 0.25) is 0 Å². The largest absolute Gasteiger partial charge is 0.339 e. The first-order chi connectivity index (χ1) is 12.2. The van der Waals surface area contributed by atoms with Gasteiger partial charge in [0, 0.05) is 37.9 Å². The normalized spacial score (nSPS) is 16.6. The van der Waals surface area contributed by atoms with Gasteiger partial charge in [-0.1, -0.05) is 24.3 Å². The molecule has 2 aliphatic rings. The summed E-state index contributed by atoms with van der Waals surface area (Å²) in [4.78, 5) is 33.3. The standard InChI is InChI=1S/C20H21N3O2/c24-19(22-10-3-4-11-22)16-7-9-21-18(13-16)20(25)23-12-8-15-5-1-2-6-17(15)14-23/h1-2,5-7,9,13H,3-4,8,10-12,14H2. The molecule has 1 saturated heterocycles. The number of benzene rings is 1. The number of aromatic nitrogens is 1. The van der Waals surface area contributed by atoms with Gasteiger partial charge in [0.25, 0.3) is 11.8 Å². The van der Waals surface area contributed by atoms with Crippen LogP contribution in [-0.4, -0.2) is 46.2 Å². The summed E-state index contributed by atoms with van der Waals surface area (Å²) in [6.07, 6.45) is 4.52.